The Morgan fingerprint density at radius 3 is 2.50 bits per heavy atom. The zero-order chi connectivity index (χ0) is 20.1. The van der Waals surface area contributed by atoms with Crippen LogP contribution in [-0.4, -0.2) is 54.5 Å². The summed E-state index contributed by atoms with van der Waals surface area (Å²) in [5.41, 5.74) is 1.24. The number of aromatic nitrogens is 1. The van der Waals surface area contributed by atoms with Crippen LogP contribution in [0, 0.1) is 11.8 Å². The van der Waals surface area contributed by atoms with Crippen LogP contribution in [0.25, 0.3) is 0 Å². The van der Waals surface area contributed by atoms with E-state index in [4.69, 9.17) is 14.6 Å². The molecule has 156 valence electrons. The molecule has 1 aliphatic carbocycles. The largest absolute Gasteiger partial charge is 0.490 e. The normalized spacial score (nSPS) is 26.5. The van der Waals surface area contributed by atoms with Gasteiger partial charge in [-0.05, 0) is 50.5 Å². The quantitative estimate of drug-likeness (QED) is 0.808. The average Bonchev–Trinajstić information content (AvgIpc) is 3.29. The van der Waals surface area contributed by atoms with E-state index in [9.17, 15) is 13.2 Å². The molecule has 0 spiro atoms. The maximum absolute atomic E-state index is 10.6. The number of ether oxygens (including phenoxy) is 1. The topological polar surface area (TPSA) is 74.7 Å². The number of hydrogen-bond donors (Lipinski definition) is 2. The maximum atomic E-state index is 10.6. The molecule has 3 atom stereocenters. The van der Waals surface area contributed by atoms with Gasteiger partial charge < -0.3 is 20.1 Å². The predicted octanol–water partition coefficient (Wildman–Crippen LogP) is 3.08. The maximum Gasteiger partial charge on any atom is 0.490 e. The second kappa shape index (κ2) is 8.98. The smallest absolute Gasteiger partial charge is 0.490 e. The lowest BCUT2D eigenvalue weighted by Crippen LogP contribution is -2.36. The van der Waals surface area contributed by atoms with Gasteiger partial charge in [0.15, 0.2) is 0 Å². The number of alkyl halides is 3. The van der Waals surface area contributed by atoms with Crippen molar-refractivity contribution in [1.29, 1.82) is 0 Å². The molecule has 0 aromatic carbocycles. The van der Waals surface area contributed by atoms with Crippen molar-refractivity contribution in [3.8, 4) is 5.75 Å². The summed E-state index contributed by atoms with van der Waals surface area (Å²) in [6.45, 7) is 4.29. The van der Waals surface area contributed by atoms with E-state index in [1.54, 1.807) is 0 Å². The number of anilines is 1. The van der Waals surface area contributed by atoms with Gasteiger partial charge in [-0.25, -0.2) is 4.79 Å². The molecule has 2 aliphatic heterocycles. The highest BCUT2D eigenvalue weighted by Gasteiger charge is 2.38. The Morgan fingerprint density at radius 1 is 1.25 bits per heavy atom. The van der Waals surface area contributed by atoms with Crippen molar-refractivity contribution in [2.45, 2.75) is 44.3 Å². The van der Waals surface area contributed by atoms with Crippen molar-refractivity contribution < 1.29 is 27.8 Å². The van der Waals surface area contributed by atoms with Crippen LogP contribution in [0.15, 0.2) is 18.5 Å². The Hall–Kier alpha value is -2.03. The number of nitrogens with zero attached hydrogens (tertiary/aromatic N) is 2. The van der Waals surface area contributed by atoms with Crippen LogP contribution in [0.2, 0.25) is 0 Å². The van der Waals surface area contributed by atoms with E-state index >= 15 is 0 Å². The molecule has 1 aromatic heterocycles. The first-order valence-corrected chi connectivity index (χ1v) is 9.67. The third kappa shape index (κ3) is 5.73. The molecule has 28 heavy (non-hydrogen) atoms. The van der Waals surface area contributed by atoms with Crippen molar-refractivity contribution in [3.63, 3.8) is 0 Å². The first-order chi connectivity index (χ1) is 13.3. The lowest BCUT2D eigenvalue weighted by atomic mass is 9.98. The fourth-order valence-electron chi connectivity index (χ4n) is 4.17. The second-order valence-corrected chi connectivity index (χ2v) is 7.74. The Labute approximate surface area is 162 Å². The Kier molecular flexibility index (Phi) is 6.64. The molecule has 1 aromatic rings. The average molecular weight is 401 g/mol. The Morgan fingerprint density at radius 2 is 1.93 bits per heavy atom. The van der Waals surface area contributed by atoms with E-state index in [1.165, 1.54) is 50.9 Å². The van der Waals surface area contributed by atoms with Gasteiger partial charge in [0.1, 0.15) is 12.4 Å². The van der Waals surface area contributed by atoms with Gasteiger partial charge in [0.05, 0.1) is 18.1 Å². The zero-order valence-corrected chi connectivity index (χ0v) is 15.6. The van der Waals surface area contributed by atoms with Crippen molar-refractivity contribution >= 4 is 11.7 Å². The minimum absolute atomic E-state index is 0.513. The standard InChI is InChI=1S/C17H25N3O.C2HF3O2/c1-2-15(19-5-1)12-21-17-7-16(8-18-9-17)20-10-13-3-4-14(6-13)11-20;3-2(4,5)1(6)7/h7-9,13-15,19H,1-6,10-12H2;(H,6,7)/t13?,14?,15-;/m0./s1. The molecular weight excluding hydrogens is 375 g/mol. The summed E-state index contributed by atoms with van der Waals surface area (Å²) in [4.78, 5) is 15.8. The molecular formula is C19H26F3N3O3. The molecule has 0 amide bonds. The molecule has 2 bridgehead atoms. The monoisotopic (exact) mass is 401 g/mol. The molecule has 2 unspecified atom stereocenters. The van der Waals surface area contributed by atoms with E-state index in [2.05, 4.69) is 21.3 Å². The van der Waals surface area contributed by atoms with Crippen LogP contribution < -0.4 is 15.0 Å². The summed E-state index contributed by atoms with van der Waals surface area (Å²) in [5, 5.41) is 10.6. The van der Waals surface area contributed by atoms with E-state index in [-0.39, 0.29) is 0 Å². The van der Waals surface area contributed by atoms with Crippen LogP contribution in [-0.2, 0) is 4.79 Å². The fourth-order valence-corrected chi connectivity index (χ4v) is 4.17. The first-order valence-electron chi connectivity index (χ1n) is 9.67. The SMILES string of the molecule is O=C(O)C(F)(F)F.c1ncc(N2CC3CCC(C3)C2)cc1OC[C@@H]1CCCN1. The van der Waals surface area contributed by atoms with Crippen molar-refractivity contribution in [1.82, 2.24) is 10.3 Å². The number of carboxylic acid groups (broad SMARTS) is 1. The van der Waals surface area contributed by atoms with Crippen LogP contribution >= 0.6 is 0 Å². The molecule has 3 heterocycles. The number of pyridine rings is 1. The van der Waals surface area contributed by atoms with Crippen molar-refractivity contribution in [2.24, 2.45) is 11.8 Å². The number of nitrogens with one attached hydrogen (secondary N) is 1. The predicted molar refractivity (Wildman–Crippen MR) is 97.5 cm³/mol. The van der Waals surface area contributed by atoms with Gasteiger partial charge in [0.2, 0.25) is 0 Å². The highest BCUT2D eigenvalue weighted by atomic mass is 19.4. The number of piperidine rings is 1. The number of hydrogen-bond acceptors (Lipinski definition) is 5. The number of carboxylic acids is 1. The Bertz CT molecular complexity index is 653. The highest BCUT2D eigenvalue weighted by Crippen LogP contribution is 2.38. The summed E-state index contributed by atoms with van der Waals surface area (Å²) in [6.07, 6.45) is 5.51. The van der Waals surface area contributed by atoms with Crippen LogP contribution in [0.3, 0.4) is 0 Å². The minimum atomic E-state index is -5.08. The molecule has 6 nitrogen and oxygen atoms in total. The second-order valence-electron chi connectivity index (χ2n) is 7.74. The number of carbonyl (C=O) groups is 1. The number of rotatable bonds is 4. The summed E-state index contributed by atoms with van der Waals surface area (Å²) in [6, 6.07) is 2.69. The van der Waals surface area contributed by atoms with Gasteiger partial charge in [-0.2, -0.15) is 13.2 Å². The molecule has 3 fully saturated rings. The zero-order valence-electron chi connectivity index (χ0n) is 15.6. The lowest BCUT2D eigenvalue weighted by molar-refractivity contribution is -0.192. The van der Waals surface area contributed by atoms with Gasteiger partial charge in [-0.3, -0.25) is 4.98 Å². The van der Waals surface area contributed by atoms with Crippen LogP contribution in [0.4, 0.5) is 18.9 Å². The summed E-state index contributed by atoms with van der Waals surface area (Å²) in [5.74, 6) is -0.0429. The van der Waals surface area contributed by atoms with Crippen molar-refractivity contribution in [2.75, 3.05) is 31.1 Å². The molecule has 9 heteroatoms. The first kappa shape index (κ1) is 20.7. The fraction of sp³-hybridized carbons (Fsp3) is 0.684. The van der Waals surface area contributed by atoms with Crippen LogP contribution in [0.5, 0.6) is 5.75 Å². The minimum Gasteiger partial charge on any atom is -0.490 e. The molecule has 1 saturated carbocycles. The third-order valence-electron chi connectivity index (χ3n) is 5.53. The molecule has 2 saturated heterocycles. The van der Waals surface area contributed by atoms with E-state index < -0.39 is 12.1 Å². The third-order valence-corrected chi connectivity index (χ3v) is 5.53. The lowest BCUT2D eigenvalue weighted by Gasteiger charge is -2.33. The van der Waals surface area contributed by atoms with Gasteiger partial charge in [-0.1, -0.05) is 0 Å². The number of aliphatic carboxylic acids is 1. The summed E-state index contributed by atoms with van der Waals surface area (Å²) < 4.78 is 37.7. The van der Waals surface area contributed by atoms with Gasteiger partial charge in [-0.15, -0.1) is 0 Å². The van der Waals surface area contributed by atoms with E-state index in [0.29, 0.717) is 6.04 Å². The summed E-state index contributed by atoms with van der Waals surface area (Å²) >= 11 is 0. The number of halogens is 3. The molecule has 4 rings (SSSR count). The van der Waals surface area contributed by atoms with Gasteiger partial charge in [0, 0.05) is 25.2 Å². The molecule has 0 radical (unpaired) electrons. The van der Waals surface area contributed by atoms with Gasteiger partial charge in [0.25, 0.3) is 0 Å². The highest BCUT2D eigenvalue weighted by molar-refractivity contribution is 5.73. The molecule has 3 aliphatic rings. The van der Waals surface area contributed by atoms with Crippen LogP contribution in [0.1, 0.15) is 32.1 Å². The van der Waals surface area contributed by atoms with Crippen molar-refractivity contribution in [3.05, 3.63) is 18.5 Å². The molecule has 2 N–H and O–H groups in total. The van der Waals surface area contributed by atoms with E-state index in [0.717, 1.165) is 30.7 Å². The Balaban J connectivity index is 0.000000279. The van der Waals surface area contributed by atoms with E-state index in [1.807, 2.05) is 12.4 Å². The van der Waals surface area contributed by atoms with Gasteiger partial charge >= 0.3 is 12.1 Å². The number of fused-ring (bicyclic) bond motifs is 2. The summed E-state index contributed by atoms with van der Waals surface area (Å²) in [7, 11) is 0.